The van der Waals surface area contributed by atoms with Gasteiger partial charge in [-0.2, -0.15) is 0 Å². The first-order valence-electron chi connectivity index (χ1n) is 19.5. The quantitative estimate of drug-likeness (QED) is 0.0500. The Morgan fingerprint density at radius 3 is 1.41 bits per heavy atom. The van der Waals surface area contributed by atoms with E-state index in [4.69, 9.17) is 72.1 Å². The summed E-state index contributed by atoms with van der Waals surface area (Å²) in [6.07, 6.45) is 8.76. The molecule has 0 amide bonds. The van der Waals surface area contributed by atoms with Crippen LogP contribution in [0.5, 0.6) is 11.5 Å². The van der Waals surface area contributed by atoms with E-state index in [0.717, 1.165) is 83.0 Å². The number of halogens is 4. The van der Waals surface area contributed by atoms with Gasteiger partial charge in [0, 0.05) is 28.1 Å². The lowest BCUT2D eigenvalue weighted by molar-refractivity contribution is 0.0300. The number of rotatable bonds is 14. The summed E-state index contributed by atoms with van der Waals surface area (Å²) >= 11 is 27.6. The largest absolute Gasteiger partial charge is 0.497 e. The smallest absolute Gasteiger partial charge is 0.341 e. The van der Waals surface area contributed by atoms with E-state index >= 15 is 0 Å². The molecule has 0 aromatic heterocycles. The summed E-state index contributed by atoms with van der Waals surface area (Å²) in [5, 5.41) is -0.103. The maximum Gasteiger partial charge on any atom is 0.341 e. The van der Waals surface area contributed by atoms with E-state index in [9.17, 15) is 4.79 Å². The van der Waals surface area contributed by atoms with Gasteiger partial charge in [-0.15, -0.1) is 0 Å². The Kier molecular flexibility index (Phi) is 13.4. The van der Waals surface area contributed by atoms with Crippen molar-refractivity contribution in [3.63, 3.8) is 0 Å². The Bertz CT molecular complexity index is 2300. The molecule has 6 nitrogen and oxygen atoms in total. The zero-order valence-electron chi connectivity index (χ0n) is 33.6. The average Bonchev–Trinajstić information content (AvgIpc) is 3.53. The lowest BCUT2D eigenvalue weighted by Gasteiger charge is -2.28. The number of nitrogen functional groups attached to an aromatic ring is 2. The summed E-state index contributed by atoms with van der Waals surface area (Å²) in [6, 6.07) is 23.5. The monoisotopic (exact) mass is 856 g/mol. The number of carbonyl (C=O) groups is 1. The molecule has 1 heterocycles. The fourth-order valence-corrected chi connectivity index (χ4v) is 9.01. The normalized spacial score (nSPS) is 15.4. The number of ether oxygens (including phenoxy) is 3. The molecule has 302 valence electrons. The summed E-state index contributed by atoms with van der Waals surface area (Å²) in [7, 11) is 3.23. The standard InChI is InChI=1S/C48H48Cl4N2O4/c1-7-11-33-27(9-3)17-23-35(45(33)53)37(29-13-19-31(56-5)20-14-29)25-48(40-39(47(55)58-48)41(49)43(51)44(52)42(40)50)26-38(30-15-21-32(57-6)22-16-30)36-24-18-28(10-4)34(12-8-2)46(36)54/h13-26H,7-12,53-54H2,1-6H3. The van der Waals surface area contributed by atoms with Gasteiger partial charge < -0.3 is 25.7 Å². The van der Waals surface area contributed by atoms with Crippen LogP contribution in [0.25, 0.3) is 11.1 Å². The Labute approximate surface area is 361 Å². The van der Waals surface area contributed by atoms with Gasteiger partial charge in [0.2, 0.25) is 0 Å². The van der Waals surface area contributed by atoms with E-state index < -0.39 is 11.6 Å². The highest BCUT2D eigenvalue weighted by molar-refractivity contribution is 6.53. The van der Waals surface area contributed by atoms with E-state index in [1.807, 2.05) is 72.8 Å². The second-order valence-corrected chi connectivity index (χ2v) is 15.8. The first kappa shape index (κ1) is 43.0. The van der Waals surface area contributed by atoms with E-state index in [2.05, 4.69) is 39.8 Å². The van der Waals surface area contributed by atoms with Crippen LogP contribution in [0.1, 0.15) is 101 Å². The van der Waals surface area contributed by atoms with E-state index in [1.54, 1.807) is 14.2 Å². The molecule has 1 aliphatic heterocycles. The topological polar surface area (TPSA) is 96.8 Å². The van der Waals surface area contributed by atoms with Crippen LogP contribution < -0.4 is 20.9 Å². The van der Waals surface area contributed by atoms with Gasteiger partial charge >= 0.3 is 5.97 Å². The number of benzene rings is 5. The van der Waals surface area contributed by atoms with Gasteiger partial charge in [0.1, 0.15) is 11.5 Å². The molecule has 0 fully saturated rings. The van der Waals surface area contributed by atoms with Crippen LogP contribution in [0.15, 0.2) is 84.9 Å². The Hall–Kier alpha value is -4.59. The van der Waals surface area contributed by atoms with Crippen LogP contribution in [-0.4, -0.2) is 20.2 Å². The molecule has 0 aliphatic carbocycles. The number of fused-ring (bicyclic) bond motifs is 1. The van der Waals surface area contributed by atoms with E-state index in [0.29, 0.717) is 34.0 Å². The zero-order chi connectivity index (χ0) is 41.9. The van der Waals surface area contributed by atoms with Gasteiger partial charge in [0.25, 0.3) is 0 Å². The minimum atomic E-state index is -1.74. The number of methoxy groups -OCH3 is 2. The summed E-state index contributed by atoms with van der Waals surface area (Å²) in [5.41, 5.74) is 23.0. The molecule has 0 radical (unpaired) electrons. The number of hydrogen-bond donors (Lipinski definition) is 2. The van der Waals surface area contributed by atoms with Crippen LogP contribution in [0, 0.1) is 0 Å². The van der Waals surface area contributed by atoms with Crippen molar-refractivity contribution < 1.29 is 19.0 Å². The fraction of sp³-hybridized carbons (Fsp3) is 0.271. The van der Waals surface area contributed by atoms with Crippen LogP contribution in [0.3, 0.4) is 0 Å². The fourth-order valence-electron chi connectivity index (χ4n) is 7.94. The summed E-state index contributed by atoms with van der Waals surface area (Å²) in [6.45, 7) is 8.50. The van der Waals surface area contributed by atoms with Gasteiger partial charge in [0.15, 0.2) is 5.60 Å². The van der Waals surface area contributed by atoms with Crippen molar-refractivity contribution >= 4 is 74.9 Å². The Morgan fingerprint density at radius 1 is 0.621 bits per heavy atom. The second kappa shape index (κ2) is 18.1. The van der Waals surface area contributed by atoms with Crippen LogP contribution in [-0.2, 0) is 36.0 Å². The maximum absolute atomic E-state index is 14.4. The predicted molar refractivity (Wildman–Crippen MR) is 242 cm³/mol. The number of hydrogen-bond acceptors (Lipinski definition) is 6. The van der Waals surface area contributed by atoms with Gasteiger partial charge in [0.05, 0.1) is 39.9 Å². The molecule has 0 bridgehead atoms. The highest BCUT2D eigenvalue weighted by Gasteiger charge is 2.48. The highest BCUT2D eigenvalue weighted by Crippen LogP contribution is 2.54. The van der Waals surface area contributed by atoms with Crippen molar-refractivity contribution in [1.29, 1.82) is 0 Å². The zero-order valence-corrected chi connectivity index (χ0v) is 36.6. The lowest BCUT2D eigenvalue weighted by Crippen LogP contribution is -2.23. The molecule has 0 unspecified atom stereocenters. The molecule has 5 aromatic rings. The number of cyclic esters (lactones) is 1. The highest BCUT2D eigenvalue weighted by atomic mass is 35.5. The molecular formula is C48H48Cl4N2O4. The van der Waals surface area contributed by atoms with Crippen LogP contribution >= 0.6 is 46.4 Å². The first-order valence-corrected chi connectivity index (χ1v) is 21.0. The first-order chi connectivity index (χ1) is 27.9. The third-order valence-electron chi connectivity index (χ3n) is 10.9. The number of carbonyl (C=O) groups excluding carboxylic acids is 1. The number of nitrogens with two attached hydrogens (primary N) is 2. The molecule has 0 saturated heterocycles. The molecule has 4 N–H and O–H groups in total. The number of anilines is 2. The van der Waals surface area contributed by atoms with Crippen molar-refractivity contribution in [2.24, 2.45) is 0 Å². The minimum Gasteiger partial charge on any atom is -0.497 e. The maximum atomic E-state index is 14.4. The van der Waals surface area contributed by atoms with Crippen molar-refractivity contribution in [2.75, 3.05) is 25.7 Å². The molecule has 10 heteroatoms. The molecule has 0 saturated carbocycles. The molecule has 58 heavy (non-hydrogen) atoms. The molecule has 0 atom stereocenters. The Balaban J connectivity index is 1.82. The van der Waals surface area contributed by atoms with Crippen molar-refractivity contribution in [3.8, 4) is 11.5 Å². The summed E-state index contributed by atoms with van der Waals surface area (Å²) < 4.78 is 17.7. The molecular weight excluding hydrogens is 810 g/mol. The van der Waals surface area contributed by atoms with Gasteiger partial charge in [-0.1, -0.05) is 135 Å². The van der Waals surface area contributed by atoms with Gasteiger partial charge in [-0.3, -0.25) is 0 Å². The SMILES string of the molecule is CCCc1c(CC)ccc(C(=CC2(C=C(c3ccc(OC)cc3)c3ccc(CC)c(CCC)c3N)OC(=O)c3c(Cl)c(Cl)c(Cl)c(Cl)c32)c2ccc(OC)cc2)c1N. The van der Waals surface area contributed by atoms with Crippen molar-refractivity contribution in [3.05, 3.63) is 161 Å². The lowest BCUT2D eigenvalue weighted by atomic mass is 9.81. The minimum absolute atomic E-state index is 0.0114. The molecule has 0 spiro atoms. The van der Waals surface area contributed by atoms with E-state index in [1.165, 1.54) is 0 Å². The predicted octanol–water partition coefficient (Wildman–Crippen LogP) is 13.1. The molecule has 5 aromatic carbocycles. The van der Waals surface area contributed by atoms with Gasteiger partial charge in [-0.05, 0) is 107 Å². The van der Waals surface area contributed by atoms with Crippen molar-refractivity contribution in [1.82, 2.24) is 0 Å². The van der Waals surface area contributed by atoms with Crippen molar-refractivity contribution in [2.45, 2.75) is 71.8 Å². The molecule has 6 rings (SSSR count). The van der Waals surface area contributed by atoms with Crippen LogP contribution in [0.4, 0.5) is 11.4 Å². The van der Waals surface area contributed by atoms with Crippen LogP contribution in [0.2, 0.25) is 20.1 Å². The third kappa shape index (κ3) is 7.92. The Morgan fingerprint density at radius 2 is 1.03 bits per heavy atom. The molecule has 1 aliphatic rings. The van der Waals surface area contributed by atoms with Gasteiger partial charge in [-0.25, -0.2) is 4.79 Å². The summed E-state index contributed by atoms with van der Waals surface area (Å²) in [4.78, 5) is 14.4. The second-order valence-electron chi connectivity index (χ2n) is 14.3. The average molecular weight is 859 g/mol. The number of aryl methyl sites for hydroxylation is 2. The number of esters is 1. The third-order valence-corrected chi connectivity index (χ3v) is 12.7. The van der Waals surface area contributed by atoms with E-state index in [-0.39, 0.29) is 31.2 Å². The summed E-state index contributed by atoms with van der Waals surface area (Å²) in [5.74, 6) is 0.615.